The summed E-state index contributed by atoms with van der Waals surface area (Å²) in [4.78, 5) is 9.25. The van der Waals surface area contributed by atoms with E-state index in [0.29, 0.717) is 18.5 Å². The predicted octanol–water partition coefficient (Wildman–Crippen LogP) is 4.07. The lowest BCUT2D eigenvalue weighted by atomic mass is 9.95. The lowest BCUT2D eigenvalue weighted by Gasteiger charge is -2.29. The van der Waals surface area contributed by atoms with E-state index in [2.05, 4.69) is 28.8 Å². The summed E-state index contributed by atoms with van der Waals surface area (Å²) in [6, 6.07) is 10.4. The van der Waals surface area contributed by atoms with E-state index in [1.54, 1.807) is 6.26 Å². The number of oxazole rings is 1. The summed E-state index contributed by atoms with van der Waals surface area (Å²) in [5.41, 5.74) is 1.82. The number of benzene rings is 1. The highest BCUT2D eigenvalue weighted by Gasteiger charge is 2.21. The van der Waals surface area contributed by atoms with Crippen molar-refractivity contribution in [2.24, 2.45) is 4.99 Å². The van der Waals surface area contributed by atoms with Gasteiger partial charge in [0.05, 0.1) is 6.54 Å². The molecule has 1 aliphatic rings. The van der Waals surface area contributed by atoms with Gasteiger partial charge in [0.1, 0.15) is 12.0 Å². The first-order valence-corrected chi connectivity index (χ1v) is 10.6. The topological polar surface area (TPSA) is 62.5 Å². The SMILES string of the molecule is CCNC(=NCc1coc(-c2ccccc2)n1)NC1CCCC(SC)C1. The number of nitrogens with zero attached hydrogens (tertiary/aromatic N) is 2. The van der Waals surface area contributed by atoms with E-state index in [1.165, 1.54) is 25.7 Å². The fraction of sp³-hybridized carbons (Fsp3) is 0.500. The molecule has 3 rings (SSSR count). The van der Waals surface area contributed by atoms with Gasteiger partial charge in [0.15, 0.2) is 5.96 Å². The second kappa shape index (κ2) is 9.67. The standard InChI is InChI=1S/C20H28N4OS/c1-3-21-20(24-16-10-7-11-18(12-16)26-2)22-13-17-14-25-19(23-17)15-8-5-4-6-9-15/h4-6,8-9,14,16,18H,3,7,10-13H2,1-2H3,(H2,21,22,24). The van der Waals surface area contributed by atoms with Crippen molar-refractivity contribution in [1.29, 1.82) is 0 Å². The third-order valence-electron chi connectivity index (χ3n) is 4.62. The van der Waals surface area contributed by atoms with Crippen LogP contribution in [0.25, 0.3) is 11.5 Å². The molecule has 26 heavy (non-hydrogen) atoms. The van der Waals surface area contributed by atoms with Crippen LogP contribution < -0.4 is 10.6 Å². The summed E-state index contributed by atoms with van der Waals surface area (Å²) in [6.45, 7) is 3.44. The van der Waals surface area contributed by atoms with Crippen LogP contribution in [-0.4, -0.2) is 35.0 Å². The van der Waals surface area contributed by atoms with E-state index in [0.717, 1.165) is 29.0 Å². The van der Waals surface area contributed by atoms with Crippen molar-refractivity contribution in [1.82, 2.24) is 15.6 Å². The summed E-state index contributed by atoms with van der Waals surface area (Å²) >= 11 is 1.98. The highest BCUT2D eigenvalue weighted by Crippen LogP contribution is 2.26. The number of hydrogen-bond donors (Lipinski definition) is 2. The fourth-order valence-corrected chi connectivity index (χ4v) is 4.08. The van der Waals surface area contributed by atoms with Gasteiger partial charge in [-0.3, -0.25) is 0 Å². The average molecular weight is 373 g/mol. The Labute approximate surface area is 160 Å². The van der Waals surface area contributed by atoms with Gasteiger partial charge in [0, 0.05) is 23.4 Å². The van der Waals surface area contributed by atoms with Crippen LogP contribution in [-0.2, 0) is 6.54 Å². The first-order valence-electron chi connectivity index (χ1n) is 9.36. The number of thioether (sulfide) groups is 1. The number of hydrogen-bond acceptors (Lipinski definition) is 4. The second-order valence-electron chi connectivity index (χ2n) is 6.57. The van der Waals surface area contributed by atoms with Crippen molar-refractivity contribution >= 4 is 17.7 Å². The maximum Gasteiger partial charge on any atom is 0.226 e. The summed E-state index contributed by atoms with van der Waals surface area (Å²) < 4.78 is 5.60. The zero-order chi connectivity index (χ0) is 18.2. The molecule has 2 aromatic rings. The predicted molar refractivity (Wildman–Crippen MR) is 109 cm³/mol. The lowest BCUT2D eigenvalue weighted by molar-refractivity contribution is 0.419. The zero-order valence-electron chi connectivity index (χ0n) is 15.6. The smallest absolute Gasteiger partial charge is 0.226 e. The van der Waals surface area contributed by atoms with Gasteiger partial charge in [-0.25, -0.2) is 9.98 Å². The molecule has 0 aliphatic heterocycles. The lowest BCUT2D eigenvalue weighted by Crippen LogP contribution is -2.45. The second-order valence-corrected chi connectivity index (χ2v) is 7.71. The van der Waals surface area contributed by atoms with E-state index in [4.69, 9.17) is 9.41 Å². The highest BCUT2D eigenvalue weighted by atomic mass is 32.2. The molecule has 1 heterocycles. The first kappa shape index (κ1) is 18.8. The molecule has 0 amide bonds. The average Bonchev–Trinajstić information content (AvgIpc) is 3.16. The van der Waals surface area contributed by atoms with Crippen LogP contribution in [0.15, 0.2) is 46.0 Å². The molecular weight excluding hydrogens is 344 g/mol. The molecule has 1 aliphatic carbocycles. The Balaban J connectivity index is 1.61. The van der Waals surface area contributed by atoms with Gasteiger partial charge in [-0.15, -0.1) is 0 Å². The van der Waals surface area contributed by atoms with Crippen LogP contribution in [0.3, 0.4) is 0 Å². The number of aliphatic imine (C=N–C) groups is 1. The number of rotatable bonds is 6. The van der Waals surface area contributed by atoms with Gasteiger partial charge >= 0.3 is 0 Å². The van der Waals surface area contributed by atoms with Crippen molar-refractivity contribution in [3.63, 3.8) is 0 Å². The minimum Gasteiger partial charge on any atom is -0.444 e. The van der Waals surface area contributed by atoms with Crippen molar-refractivity contribution in [2.75, 3.05) is 12.8 Å². The molecule has 1 aromatic heterocycles. The number of nitrogens with one attached hydrogen (secondary N) is 2. The van der Waals surface area contributed by atoms with Crippen molar-refractivity contribution < 1.29 is 4.42 Å². The summed E-state index contributed by atoms with van der Waals surface area (Å²) in [5.74, 6) is 1.51. The first-order chi connectivity index (χ1) is 12.8. The molecule has 1 saturated carbocycles. The van der Waals surface area contributed by atoms with Crippen LogP contribution in [0.5, 0.6) is 0 Å². The van der Waals surface area contributed by atoms with Gasteiger partial charge < -0.3 is 15.1 Å². The minimum atomic E-state index is 0.496. The van der Waals surface area contributed by atoms with Crippen LogP contribution >= 0.6 is 11.8 Å². The molecule has 2 unspecified atom stereocenters. The molecule has 1 fully saturated rings. The molecule has 0 bridgehead atoms. The zero-order valence-corrected chi connectivity index (χ0v) is 16.4. The van der Waals surface area contributed by atoms with E-state index in [-0.39, 0.29) is 0 Å². The van der Waals surface area contributed by atoms with Crippen molar-refractivity contribution in [3.05, 3.63) is 42.3 Å². The van der Waals surface area contributed by atoms with Gasteiger partial charge in [0.25, 0.3) is 0 Å². The summed E-state index contributed by atoms with van der Waals surface area (Å²) in [6.07, 6.45) is 8.93. The molecule has 6 heteroatoms. The van der Waals surface area contributed by atoms with Crippen molar-refractivity contribution in [3.8, 4) is 11.5 Å². The Morgan fingerprint density at radius 2 is 2.15 bits per heavy atom. The molecule has 140 valence electrons. The number of aromatic nitrogens is 1. The Morgan fingerprint density at radius 3 is 2.92 bits per heavy atom. The Bertz CT molecular complexity index is 701. The number of guanidine groups is 1. The largest absolute Gasteiger partial charge is 0.444 e. The molecule has 0 saturated heterocycles. The monoisotopic (exact) mass is 372 g/mol. The third kappa shape index (κ3) is 5.27. The maximum absolute atomic E-state index is 5.60. The molecule has 0 spiro atoms. The van der Waals surface area contributed by atoms with Crippen LogP contribution in [0.1, 0.15) is 38.3 Å². The van der Waals surface area contributed by atoms with Crippen molar-refractivity contribution in [2.45, 2.75) is 50.4 Å². The van der Waals surface area contributed by atoms with E-state index in [9.17, 15) is 0 Å². The highest BCUT2D eigenvalue weighted by molar-refractivity contribution is 7.99. The Kier molecular flexibility index (Phi) is 7.00. The van der Waals surface area contributed by atoms with E-state index < -0.39 is 0 Å². The van der Waals surface area contributed by atoms with Crippen LogP contribution in [0.4, 0.5) is 0 Å². The normalized spacial score (nSPS) is 20.8. The summed E-state index contributed by atoms with van der Waals surface area (Å²) in [7, 11) is 0. The third-order valence-corrected chi connectivity index (χ3v) is 5.71. The van der Waals surface area contributed by atoms with Gasteiger partial charge in [-0.05, 0) is 44.6 Å². The minimum absolute atomic E-state index is 0.496. The fourth-order valence-electron chi connectivity index (χ4n) is 3.26. The Morgan fingerprint density at radius 1 is 1.31 bits per heavy atom. The van der Waals surface area contributed by atoms with Gasteiger partial charge in [-0.1, -0.05) is 24.6 Å². The molecular formula is C20H28N4OS. The van der Waals surface area contributed by atoms with Gasteiger partial charge in [-0.2, -0.15) is 11.8 Å². The van der Waals surface area contributed by atoms with E-state index >= 15 is 0 Å². The van der Waals surface area contributed by atoms with E-state index in [1.807, 2.05) is 42.1 Å². The molecule has 5 nitrogen and oxygen atoms in total. The quantitative estimate of drug-likeness (QED) is 0.591. The van der Waals surface area contributed by atoms with Gasteiger partial charge in [0.2, 0.25) is 5.89 Å². The molecule has 1 aromatic carbocycles. The van der Waals surface area contributed by atoms with Crippen LogP contribution in [0.2, 0.25) is 0 Å². The maximum atomic E-state index is 5.60. The Hall–Kier alpha value is -1.95. The molecule has 0 radical (unpaired) electrons. The van der Waals surface area contributed by atoms with Crippen LogP contribution in [0, 0.1) is 0 Å². The molecule has 2 atom stereocenters. The summed E-state index contributed by atoms with van der Waals surface area (Å²) in [5, 5.41) is 7.70. The molecule has 2 N–H and O–H groups in total.